The van der Waals surface area contributed by atoms with E-state index in [1.807, 2.05) is 0 Å². The molecule has 0 amide bonds. The maximum Gasteiger partial charge on any atom is 0.0562 e. The maximum absolute atomic E-state index is 2.46. The molecule has 9 aromatic carbocycles. The molecule has 0 radical (unpaired) electrons. The molecule has 0 bridgehead atoms. The highest BCUT2D eigenvalue weighted by Crippen LogP contribution is 2.45. The van der Waals surface area contributed by atoms with Gasteiger partial charge in [0.05, 0.1) is 27.8 Å². The minimum absolute atomic E-state index is 0.0710. The van der Waals surface area contributed by atoms with Gasteiger partial charge in [0.1, 0.15) is 0 Å². The van der Waals surface area contributed by atoms with Crippen molar-refractivity contribution in [2.75, 3.05) is 4.90 Å². The molecule has 0 unspecified atom stereocenters. The fourth-order valence-corrected chi connectivity index (χ4v) is 9.13. The van der Waals surface area contributed by atoms with E-state index >= 15 is 0 Å². The van der Waals surface area contributed by atoms with Gasteiger partial charge in [-0.3, -0.25) is 0 Å². The molecule has 0 aliphatic carbocycles. The molecule has 59 heavy (non-hydrogen) atoms. The highest BCUT2D eigenvalue weighted by molar-refractivity contribution is 6.17. The molecule has 0 spiro atoms. The summed E-state index contributed by atoms with van der Waals surface area (Å²) in [7, 11) is 0. The number of hydrogen-bond donors (Lipinski definition) is 0. The van der Waals surface area contributed by atoms with Crippen LogP contribution in [0.2, 0.25) is 0 Å². The lowest BCUT2D eigenvalue weighted by Crippen LogP contribution is -2.11. The summed E-state index contributed by atoms with van der Waals surface area (Å²) in [5.74, 6) is 0. The van der Waals surface area contributed by atoms with Crippen molar-refractivity contribution in [3.8, 4) is 22.5 Å². The Morgan fingerprint density at radius 3 is 1.71 bits per heavy atom. The van der Waals surface area contributed by atoms with Crippen LogP contribution in [0.3, 0.4) is 0 Å². The van der Waals surface area contributed by atoms with Crippen LogP contribution in [-0.4, -0.2) is 9.13 Å². The second-order valence-electron chi connectivity index (χ2n) is 16.7. The number of benzene rings is 9. The first-order valence-corrected chi connectivity index (χ1v) is 20.5. The van der Waals surface area contributed by atoms with Gasteiger partial charge in [0, 0.05) is 44.3 Å². The Morgan fingerprint density at radius 1 is 0.373 bits per heavy atom. The van der Waals surface area contributed by atoms with Crippen molar-refractivity contribution in [2.24, 2.45) is 0 Å². The Kier molecular flexibility index (Phi) is 8.06. The highest BCUT2D eigenvalue weighted by atomic mass is 15.2. The highest BCUT2D eigenvalue weighted by Gasteiger charge is 2.23. The molecule has 0 saturated carbocycles. The van der Waals surface area contributed by atoms with E-state index in [4.69, 9.17) is 0 Å². The zero-order chi connectivity index (χ0) is 39.7. The first-order valence-electron chi connectivity index (χ1n) is 20.5. The Balaban J connectivity index is 1.16. The summed E-state index contributed by atoms with van der Waals surface area (Å²) >= 11 is 0. The summed E-state index contributed by atoms with van der Waals surface area (Å²) in [6, 6.07) is 75.6. The maximum atomic E-state index is 2.46. The zero-order valence-corrected chi connectivity index (χ0v) is 33.5. The summed E-state index contributed by atoms with van der Waals surface area (Å²) < 4.78 is 4.83. The van der Waals surface area contributed by atoms with Crippen molar-refractivity contribution in [1.82, 2.24) is 9.13 Å². The number of fused-ring (bicyclic) bond motifs is 7. The van der Waals surface area contributed by atoms with Crippen LogP contribution in [-0.2, 0) is 5.41 Å². The van der Waals surface area contributed by atoms with Crippen LogP contribution in [0.15, 0.2) is 206 Å². The van der Waals surface area contributed by atoms with Gasteiger partial charge in [-0.2, -0.15) is 0 Å². The molecule has 0 aliphatic heterocycles. The summed E-state index contributed by atoms with van der Waals surface area (Å²) in [5, 5.41) is 7.40. The second kappa shape index (κ2) is 13.6. The van der Waals surface area contributed by atoms with E-state index in [1.165, 1.54) is 71.1 Å². The molecule has 11 rings (SSSR count). The summed E-state index contributed by atoms with van der Waals surface area (Å²) in [6.45, 7) is 6.82. The predicted octanol–water partition coefficient (Wildman–Crippen LogP) is 15.5. The van der Waals surface area contributed by atoms with Gasteiger partial charge >= 0.3 is 0 Å². The number of rotatable bonds is 6. The second-order valence-corrected chi connectivity index (χ2v) is 16.7. The molecule has 0 aliphatic rings. The Morgan fingerprint density at radius 2 is 0.949 bits per heavy atom. The average molecular weight is 758 g/mol. The smallest absolute Gasteiger partial charge is 0.0562 e. The molecule has 282 valence electrons. The van der Waals surface area contributed by atoms with E-state index in [0.29, 0.717) is 0 Å². The van der Waals surface area contributed by atoms with Gasteiger partial charge < -0.3 is 14.0 Å². The third kappa shape index (κ3) is 5.81. The lowest BCUT2D eigenvalue weighted by Gasteiger charge is -2.27. The van der Waals surface area contributed by atoms with Crippen molar-refractivity contribution < 1.29 is 0 Å². The van der Waals surface area contributed by atoms with Crippen LogP contribution < -0.4 is 4.90 Å². The summed E-state index contributed by atoms with van der Waals surface area (Å²) in [6.07, 6.45) is 0. The standard InChI is InChI=1S/C56H43N3/c1-56(2,3)42-28-32-45(33-29-42)59-50-20-11-9-18-47(50)48-35-34-46(37-54(48)59)57(44-30-26-39(27-31-44)41-25-24-38-14-7-8-15-40(38)36-41)52-22-13-23-53-55(52)49-19-10-12-21-51(49)58(53)43-16-5-4-6-17-43/h4-37H,1-3H3. The van der Waals surface area contributed by atoms with Crippen LogP contribution in [0.4, 0.5) is 17.1 Å². The van der Waals surface area contributed by atoms with Gasteiger partial charge in [-0.1, -0.05) is 148 Å². The minimum Gasteiger partial charge on any atom is -0.310 e. The number of para-hydroxylation sites is 3. The van der Waals surface area contributed by atoms with Crippen molar-refractivity contribution in [3.05, 3.63) is 212 Å². The summed E-state index contributed by atoms with van der Waals surface area (Å²) in [4.78, 5) is 2.46. The first-order chi connectivity index (χ1) is 28.9. The van der Waals surface area contributed by atoms with E-state index in [2.05, 4.69) is 241 Å². The van der Waals surface area contributed by atoms with E-state index in [-0.39, 0.29) is 5.41 Å². The zero-order valence-electron chi connectivity index (χ0n) is 33.5. The molecule has 0 fully saturated rings. The average Bonchev–Trinajstić information content (AvgIpc) is 3.80. The fraction of sp³-hybridized carbons (Fsp3) is 0.0714. The van der Waals surface area contributed by atoms with Gasteiger partial charge in [0.25, 0.3) is 0 Å². The number of anilines is 3. The molecule has 2 heterocycles. The first kappa shape index (κ1) is 34.9. The van der Waals surface area contributed by atoms with E-state index < -0.39 is 0 Å². The molecule has 3 nitrogen and oxygen atoms in total. The molecular weight excluding hydrogens is 715 g/mol. The minimum atomic E-state index is 0.0710. The van der Waals surface area contributed by atoms with Crippen molar-refractivity contribution in [3.63, 3.8) is 0 Å². The lowest BCUT2D eigenvalue weighted by atomic mass is 9.87. The molecular formula is C56H43N3. The molecule has 3 heteroatoms. The van der Waals surface area contributed by atoms with Crippen LogP contribution in [0.5, 0.6) is 0 Å². The van der Waals surface area contributed by atoms with E-state index in [1.54, 1.807) is 0 Å². The van der Waals surface area contributed by atoms with E-state index in [0.717, 1.165) is 28.4 Å². The Labute approximate surface area is 344 Å². The van der Waals surface area contributed by atoms with Crippen LogP contribution in [0.1, 0.15) is 26.3 Å². The van der Waals surface area contributed by atoms with Crippen LogP contribution >= 0.6 is 0 Å². The molecule has 11 aromatic rings. The van der Waals surface area contributed by atoms with Gasteiger partial charge in [0.2, 0.25) is 0 Å². The number of aromatic nitrogens is 2. The van der Waals surface area contributed by atoms with E-state index in [9.17, 15) is 0 Å². The number of nitrogens with zero attached hydrogens (tertiary/aromatic N) is 3. The third-order valence-electron chi connectivity index (χ3n) is 12.0. The monoisotopic (exact) mass is 757 g/mol. The third-order valence-corrected chi connectivity index (χ3v) is 12.0. The van der Waals surface area contributed by atoms with Crippen LogP contribution in [0.25, 0.3) is 76.9 Å². The molecule has 0 N–H and O–H groups in total. The molecule has 2 aromatic heterocycles. The van der Waals surface area contributed by atoms with Crippen LogP contribution in [0, 0.1) is 0 Å². The number of hydrogen-bond acceptors (Lipinski definition) is 1. The van der Waals surface area contributed by atoms with Crippen molar-refractivity contribution >= 4 is 71.4 Å². The van der Waals surface area contributed by atoms with Crippen molar-refractivity contribution in [2.45, 2.75) is 26.2 Å². The fourth-order valence-electron chi connectivity index (χ4n) is 9.13. The van der Waals surface area contributed by atoms with Gasteiger partial charge in [0.15, 0.2) is 0 Å². The Bertz CT molecular complexity index is 3340. The topological polar surface area (TPSA) is 13.1 Å². The molecule has 0 saturated heterocycles. The quantitative estimate of drug-likeness (QED) is 0.165. The van der Waals surface area contributed by atoms with Gasteiger partial charge in [-0.05, 0) is 112 Å². The SMILES string of the molecule is CC(C)(C)c1ccc(-n2c3ccccc3c3ccc(N(c4ccc(-c5ccc6ccccc6c5)cc4)c4cccc5c4c4ccccc4n5-c4ccccc4)cc32)cc1. The Hall–Kier alpha value is -7.36. The lowest BCUT2D eigenvalue weighted by molar-refractivity contribution is 0.590. The summed E-state index contributed by atoms with van der Waals surface area (Å²) in [5.41, 5.74) is 14.1. The van der Waals surface area contributed by atoms with Gasteiger partial charge in [-0.15, -0.1) is 0 Å². The van der Waals surface area contributed by atoms with Gasteiger partial charge in [-0.25, -0.2) is 0 Å². The predicted molar refractivity (Wildman–Crippen MR) is 251 cm³/mol. The molecule has 0 atom stereocenters. The normalized spacial score (nSPS) is 12.0. The van der Waals surface area contributed by atoms with Crippen molar-refractivity contribution in [1.29, 1.82) is 0 Å². The largest absolute Gasteiger partial charge is 0.310 e.